The summed E-state index contributed by atoms with van der Waals surface area (Å²) in [6, 6.07) is 21.9. The number of benzene rings is 3. The first-order valence-corrected chi connectivity index (χ1v) is 10.2. The molecule has 3 rings (SSSR count). The van der Waals surface area contributed by atoms with E-state index in [1.54, 1.807) is 24.3 Å². The lowest BCUT2D eigenvalue weighted by atomic mass is 10.0. The van der Waals surface area contributed by atoms with Crippen LogP contribution < -0.4 is 4.72 Å². The normalized spacial score (nSPS) is 11.3. The summed E-state index contributed by atoms with van der Waals surface area (Å²) >= 11 is 9.38. The van der Waals surface area contributed by atoms with E-state index >= 15 is 0 Å². The van der Waals surface area contributed by atoms with Crippen molar-refractivity contribution < 1.29 is 8.42 Å². The van der Waals surface area contributed by atoms with E-state index < -0.39 is 10.0 Å². The molecule has 0 amide bonds. The van der Waals surface area contributed by atoms with E-state index in [1.165, 1.54) is 6.07 Å². The predicted octanol–water partition coefficient (Wildman–Crippen LogP) is 5.49. The number of hydrogen-bond donors (Lipinski definition) is 1. The van der Waals surface area contributed by atoms with Crippen LogP contribution in [0.15, 0.2) is 82.2 Å². The molecule has 0 saturated heterocycles. The van der Waals surface area contributed by atoms with Gasteiger partial charge in [0.05, 0.1) is 10.7 Å². The van der Waals surface area contributed by atoms with Crippen LogP contribution in [-0.4, -0.2) is 8.42 Å². The third-order valence-electron chi connectivity index (χ3n) is 3.68. The molecule has 0 aliphatic rings. The van der Waals surface area contributed by atoms with Crippen molar-refractivity contribution in [1.29, 1.82) is 0 Å². The second kappa shape index (κ2) is 7.60. The molecule has 6 heteroatoms. The molecule has 0 unspecified atom stereocenters. The van der Waals surface area contributed by atoms with Crippen LogP contribution in [0.25, 0.3) is 0 Å². The molecule has 0 heterocycles. The Bertz CT molecular complexity index is 991. The fourth-order valence-electron chi connectivity index (χ4n) is 2.48. The number of halogens is 2. The summed E-state index contributed by atoms with van der Waals surface area (Å²) in [6.45, 7) is 0. The molecular weight excluding hydrogens is 422 g/mol. The lowest BCUT2D eigenvalue weighted by Crippen LogP contribution is -2.14. The molecule has 0 bridgehead atoms. The summed E-state index contributed by atoms with van der Waals surface area (Å²) < 4.78 is 28.8. The molecule has 0 saturated carbocycles. The molecule has 128 valence electrons. The fourth-order valence-corrected chi connectivity index (χ4v) is 4.62. The third kappa shape index (κ3) is 4.42. The van der Waals surface area contributed by atoms with Crippen LogP contribution in [0.2, 0.25) is 5.02 Å². The van der Waals surface area contributed by atoms with Crippen LogP contribution in [0.3, 0.4) is 0 Å². The zero-order chi connectivity index (χ0) is 17.9. The van der Waals surface area contributed by atoms with Gasteiger partial charge in [-0.3, -0.25) is 4.72 Å². The van der Waals surface area contributed by atoms with Crippen molar-refractivity contribution in [3.8, 4) is 0 Å². The largest absolute Gasteiger partial charge is 0.279 e. The van der Waals surface area contributed by atoms with E-state index in [1.807, 2.05) is 42.5 Å². The van der Waals surface area contributed by atoms with E-state index in [4.69, 9.17) is 11.6 Å². The van der Waals surface area contributed by atoms with E-state index in [-0.39, 0.29) is 9.92 Å². The van der Waals surface area contributed by atoms with Gasteiger partial charge in [0.25, 0.3) is 10.0 Å². The number of para-hydroxylation sites is 1. The first kappa shape index (κ1) is 18.0. The topological polar surface area (TPSA) is 46.2 Å². The van der Waals surface area contributed by atoms with Crippen molar-refractivity contribution in [2.45, 2.75) is 11.3 Å². The number of rotatable bonds is 5. The minimum Gasteiger partial charge on any atom is -0.279 e. The maximum Gasteiger partial charge on any atom is 0.263 e. The van der Waals surface area contributed by atoms with Crippen LogP contribution in [0.1, 0.15) is 11.1 Å². The summed E-state index contributed by atoms with van der Waals surface area (Å²) in [7, 11) is -3.78. The monoisotopic (exact) mass is 435 g/mol. The molecule has 0 fully saturated rings. The van der Waals surface area contributed by atoms with E-state index in [9.17, 15) is 8.42 Å². The standard InChI is InChI=1S/C19H15BrClNO2S/c20-16-10-11-19(17(21)13-16)25(23,24)22-18-9-5-4-8-15(18)12-14-6-2-1-3-7-14/h1-11,13,22H,12H2. The van der Waals surface area contributed by atoms with Crippen LogP contribution in [-0.2, 0) is 16.4 Å². The Labute approximate surface area is 160 Å². The molecule has 25 heavy (non-hydrogen) atoms. The van der Waals surface area contributed by atoms with Gasteiger partial charge in [0.2, 0.25) is 0 Å². The molecule has 0 aliphatic carbocycles. The van der Waals surface area contributed by atoms with E-state index in [2.05, 4.69) is 20.7 Å². The Morgan fingerprint density at radius 2 is 1.60 bits per heavy atom. The first-order chi connectivity index (χ1) is 12.0. The molecule has 0 atom stereocenters. The van der Waals surface area contributed by atoms with Gasteiger partial charge in [-0.05, 0) is 41.8 Å². The van der Waals surface area contributed by atoms with Gasteiger partial charge in [0.15, 0.2) is 0 Å². The van der Waals surface area contributed by atoms with E-state index in [0.717, 1.165) is 15.6 Å². The highest BCUT2D eigenvalue weighted by molar-refractivity contribution is 9.10. The Balaban J connectivity index is 1.92. The highest BCUT2D eigenvalue weighted by atomic mass is 79.9. The first-order valence-electron chi connectivity index (χ1n) is 7.55. The molecular formula is C19H15BrClNO2S. The zero-order valence-corrected chi connectivity index (χ0v) is 16.3. The minimum atomic E-state index is -3.78. The van der Waals surface area contributed by atoms with Crippen LogP contribution >= 0.6 is 27.5 Å². The summed E-state index contributed by atoms with van der Waals surface area (Å²) in [5.41, 5.74) is 2.55. The van der Waals surface area contributed by atoms with Crippen LogP contribution in [0, 0.1) is 0 Å². The van der Waals surface area contributed by atoms with Gasteiger partial charge in [-0.2, -0.15) is 0 Å². The quantitative estimate of drug-likeness (QED) is 0.574. The highest BCUT2D eigenvalue weighted by Gasteiger charge is 2.19. The van der Waals surface area contributed by atoms with Crippen molar-refractivity contribution in [1.82, 2.24) is 0 Å². The lowest BCUT2D eigenvalue weighted by molar-refractivity contribution is 0.601. The molecule has 3 aromatic carbocycles. The summed E-state index contributed by atoms with van der Waals surface area (Å²) in [6.07, 6.45) is 0.633. The van der Waals surface area contributed by atoms with Gasteiger partial charge in [0.1, 0.15) is 4.90 Å². The van der Waals surface area contributed by atoms with Gasteiger partial charge in [-0.25, -0.2) is 8.42 Å². The SMILES string of the molecule is O=S(=O)(Nc1ccccc1Cc1ccccc1)c1ccc(Br)cc1Cl. The molecule has 0 aliphatic heterocycles. The van der Waals surface area contributed by atoms with E-state index in [0.29, 0.717) is 12.1 Å². The maximum atomic E-state index is 12.7. The molecule has 0 radical (unpaired) electrons. The van der Waals surface area contributed by atoms with Gasteiger partial charge in [-0.15, -0.1) is 0 Å². The highest BCUT2D eigenvalue weighted by Crippen LogP contribution is 2.28. The Morgan fingerprint density at radius 1 is 0.920 bits per heavy atom. The minimum absolute atomic E-state index is 0.0480. The number of sulfonamides is 1. The van der Waals surface area contributed by atoms with Crippen molar-refractivity contribution in [3.63, 3.8) is 0 Å². The molecule has 0 aromatic heterocycles. The van der Waals surface area contributed by atoms with Crippen LogP contribution in [0.4, 0.5) is 5.69 Å². The Hall–Kier alpha value is -1.82. The molecule has 3 nitrogen and oxygen atoms in total. The lowest BCUT2D eigenvalue weighted by Gasteiger charge is -2.14. The average molecular weight is 437 g/mol. The maximum absolute atomic E-state index is 12.7. The van der Waals surface area contributed by atoms with Crippen molar-refractivity contribution >= 4 is 43.2 Å². The van der Waals surface area contributed by atoms with Crippen molar-refractivity contribution in [2.24, 2.45) is 0 Å². The summed E-state index contributed by atoms with van der Waals surface area (Å²) in [5.74, 6) is 0. The van der Waals surface area contributed by atoms with Gasteiger partial charge >= 0.3 is 0 Å². The third-order valence-corrected chi connectivity index (χ3v) is 6.02. The van der Waals surface area contributed by atoms with Gasteiger partial charge in [0, 0.05) is 4.47 Å². The van der Waals surface area contributed by atoms with Crippen molar-refractivity contribution in [3.05, 3.63) is 93.4 Å². The fraction of sp³-hybridized carbons (Fsp3) is 0.0526. The van der Waals surface area contributed by atoms with Crippen LogP contribution in [0.5, 0.6) is 0 Å². The number of anilines is 1. The Morgan fingerprint density at radius 3 is 2.32 bits per heavy atom. The smallest absolute Gasteiger partial charge is 0.263 e. The molecule has 0 spiro atoms. The Kier molecular flexibility index (Phi) is 5.47. The predicted molar refractivity (Wildman–Crippen MR) is 106 cm³/mol. The second-order valence-corrected chi connectivity index (χ2v) is 8.47. The number of hydrogen-bond acceptors (Lipinski definition) is 2. The number of nitrogens with one attached hydrogen (secondary N) is 1. The van der Waals surface area contributed by atoms with Crippen molar-refractivity contribution in [2.75, 3.05) is 4.72 Å². The van der Waals surface area contributed by atoms with Gasteiger partial charge in [-0.1, -0.05) is 76.1 Å². The van der Waals surface area contributed by atoms with Gasteiger partial charge < -0.3 is 0 Å². The molecule has 1 N–H and O–H groups in total. The second-order valence-electron chi connectivity index (χ2n) is 5.50. The summed E-state index contributed by atoms with van der Waals surface area (Å²) in [5, 5.41) is 0.169. The average Bonchev–Trinajstić information content (AvgIpc) is 2.57. The molecule has 3 aromatic rings. The summed E-state index contributed by atoms with van der Waals surface area (Å²) in [4.78, 5) is 0.0480. The zero-order valence-electron chi connectivity index (χ0n) is 13.1.